The van der Waals surface area contributed by atoms with E-state index in [4.69, 9.17) is 0 Å². The first kappa shape index (κ1) is 13.8. The van der Waals surface area contributed by atoms with Crippen LogP contribution < -0.4 is 5.32 Å². The van der Waals surface area contributed by atoms with Crippen LogP contribution in [-0.2, 0) is 12.8 Å². The molecule has 0 saturated carbocycles. The van der Waals surface area contributed by atoms with E-state index < -0.39 is 0 Å². The number of aliphatic hydroxyl groups excluding tert-OH is 1. The van der Waals surface area contributed by atoms with E-state index in [-0.39, 0.29) is 12.1 Å². The minimum absolute atomic E-state index is 0.0733. The van der Waals surface area contributed by atoms with Gasteiger partial charge in [0.25, 0.3) is 0 Å². The Balaban J connectivity index is 2.17. The average molecular weight is 291 g/mol. The quantitative estimate of drug-likeness (QED) is 0.912. The summed E-state index contributed by atoms with van der Waals surface area (Å²) in [4.78, 5) is 11.7. The fourth-order valence-corrected chi connectivity index (χ4v) is 4.02. The lowest BCUT2D eigenvalue weighted by atomic mass is 9.96. The monoisotopic (exact) mass is 291 g/mol. The van der Waals surface area contributed by atoms with E-state index in [2.05, 4.69) is 15.3 Å². The first-order chi connectivity index (χ1) is 9.50. The number of anilines is 1. The van der Waals surface area contributed by atoms with E-state index in [1.165, 1.54) is 28.7 Å². The van der Waals surface area contributed by atoms with Gasteiger partial charge in [0.05, 0.1) is 17.5 Å². The molecule has 4 nitrogen and oxygen atoms in total. The minimum atomic E-state index is -0.378. The Morgan fingerprint density at radius 3 is 2.75 bits per heavy atom. The summed E-state index contributed by atoms with van der Waals surface area (Å²) >= 11 is 1.81. The van der Waals surface area contributed by atoms with Gasteiger partial charge < -0.3 is 10.4 Å². The van der Waals surface area contributed by atoms with Gasteiger partial charge >= 0.3 is 0 Å². The van der Waals surface area contributed by atoms with Crippen LogP contribution in [0, 0.1) is 6.92 Å². The summed E-state index contributed by atoms with van der Waals surface area (Å²) < 4.78 is 0. The van der Waals surface area contributed by atoms with Crippen LogP contribution in [0.25, 0.3) is 10.2 Å². The largest absolute Gasteiger partial charge is 0.394 e. The third kappa shape index (κ3) is 2.40. The van der Waals surface area contributed by atoms with Crippen molar-refractivity contribution in [1.29, 1.82) is 0 Å². The van der Waals surface area contributed by atoms with Crippen LogP contribution in [0.4, 0.5) is 5.82 Å². The van der Waals surface area contributed by atoms with E-state index in [1.54, 1.807) is 0 Å². The number of nitrogens with one attached hydrogen (secondary N) is 1. The van der Waals surface area contributed by atoms with Gasteiger partial charge in [0, 0.05) is 4.88 Å². The number of nitrogens with zero attached hydrogens (tertiary/aromatic N) is 2. The van der Waals surface area contributed by atoms with Crippen LogP contribution in [0.5, 0.6) is 0 Å². The molecular weight excluding hydrogens is 270 g/mol. The highest BCUT2D eigenvalue weighted by atomic mass is 32.1. The van der Waals surface area contributed by atoms with Crippen LogP contribution in [-0.4, -0.2) is 27.2 Å². The topological polar surface area (TPSA) is 58.0 Å². The molecule has 1 aliphatic carbocycles. The Kier molecular flexibility index (Phi) is 3.42. The summed E-state index contributed by atoms with van der Waals surface area (Å²) in [5, 5.41) is 14.1. The molecule has 108 valence electrons. The Labute approximate surface area is 123 Å². The zero-order valence-corrected chi connectivity index (χ0v) is 13.1. The normalized spacial score (nSPS) is 15.4. The highest BCUT2D eigenvalue weighted by molar-refractivity contribution is 7.19. The van der Waals surface area contributed by atoms with Crippen molar-refractivity contribution < 1.29 is 5.11 Å². The maximum absolute atomic E-state index is 9.48. The van der Waals surface area contributed by atoms with Crippen molar-refractivity contribution in [2.24, 2.45) is 0 Å². The Hall–Kier alpha value is -1.20. The molecule has 3 rings (SSSR count). The third-order valence-electron chi connectivity index (χ3n) is 3.78. The molecule has 0 amide bonds. The number of aliphatic hydroxyl groups is 1. The number of aryl methyl sites for hydroxylation is 3. The molecule has 0 fully saturated rings. The number of rotatable bonds is 3. The van der Waals surface area contributed by atoms with Gasteiger partial charge in [0.2, 0.25) is 0 Å². The predicted molar refractivity (Wildman–Crippen MR) is 83.6 cm³/mol. The first-order valence-electron chi connectivity index (χ1n) is 7.18. The third-order valence-corrected chi connectivity index (χ3v) is 4.96. The van der Waals surface area contributed by atoms with E-state index >= 15 is 0 Å². The lowest BCUT2D eigenvalue weighted by Gasteiger charge is -2.25. The van der Waals surface area contributed by atoms with Gasteiger partial charge in [-0.2, -0.15) is 0 Å². The molecule has 5 heteroatoms. The summed E-state index contributed by atoms with van der Waals surface area (Å²) in [5.41, 5.74) is 1.05. The maximum Gasteiger partial charge on any atom is 0.139 e. The van der Waals surface area contributed by atoms with Gasteiger partial charge in [-0.1, -0.05) is 0 Å². The van der Waals surface area contributed by atoms with Crippen molar-refractivity contribution in [3.8, 4) is 0 Å². The average Bonchev–Trinajstić information content (AvgIpc) is 2.76. The molecule has 0 radical (unpaired) electrons. The van der Waals surface area contributed by atoms with Crippen molar-refractivity contribution in [3.63, 3.8) is 0 Å². The second kappa shape index (κ2) is 4.97. The SMILES string of the molecule is Cc1nc(NC(C)(C)CO)c2c3c(sc2n1)CCCC3. The molecule has 0 aliphatic heterocycles. The minimum Gasteiger partial charge on any atom is -0.394 e. The van der Waals surface area contributed by atoms with Crippen LogP contribution in [0.15, 0.2) is 0 Å². The zero-order valence-electron chi connectivity index (χ0n) is 12.3. The predicted octanol–water partition coefficient (Wildman–Crippen LogP) is 3.06. The summed E-state index contributed by atoms with van der Waals surface area (Å²) in [6.45, 7) is 5.96. The molecule has 0 atom stereocenters. The summed E-state index contributed by atoms with van der Waals surface area (Å²) in [6, 6.07) is 0. The molecule has 2 N–H and O–H groups in total. The number of hydrogen-bond acceptors (Lipinski definition) is 5. The molecule has 1 aliphatic rings. The van der Waals surface area contributed by atoms with Gasteiger partial charge in [-0.05, 0) is 52.0 Å². The molecule has 0 bridgehead atoms. The summed E-state index contributed by atoms with van der Waals surface area (Å²) in [7, 11) is 0. The number of hydrogen-bond donors (Lipinski definition) is 2. The highest BCUT2D eigenvalue weighted by Gasteiger charge is 2.24. The van der Waals surface area contributed by atoms with Gasteiger partial charge in [-0.3, -0.25) is 0 Å². The van der Waals surface area contributed by atoms with Crippen LogP contribution in [0.2, 0.25) is 0 Å². The molecule has 0 saturated heterocycles. The number of thiophene rings is 1. The van der Waals surface area contributed by atoms with Gasteiger partial charge in [-0.25, -0.2) is 9.97 Å². The molecule has 2 aromatic heterocycles. The van der Waals surface area contributed by atoms with Gasteiger partial charge in [0.1, 0.15) is 16.5 Å². The molecule has 2 aromatic rings. The fraction of sp³-hybridized carbons (Fsp3) is 0.600. The standard InChI is InChI=1S/C15H21N3OS/c1-9-16-13(18-15(2,3)8-19)12-10-6-4-5-7-11(10)20-14(12)17-9/h19H,4-8H2,1-3H3,(H,16,17,18). The van der Waals surface area contributed by atoms with Crippen molar-refractivity contribution in [2.45, 2.75) is 52.0 Å². The Morgan fingerprint density at radius 1 is 1.25 bits per heavy atom. The smallest absolute Gasteiger partial charge is 0.139 e. The van der Waals surface area contributed by atoms with E-state index in [1.807, 2.05) is 32.1 Å². The Bertz CT molecular complexity index is 648. The highest BCUT2D eigenvalue weighted by Crippen LogP contribution is 2.39. The van der Waals surface area contributed by atoms with Crippen molar-refractivity contribution >= 4 is 27.4 Å². The molecule has 2 heterocycles. The molecule has 0 unspecified atom stereocenters. The fourth-order valence-electron chi connectivity index (χ4n) is 2.71. The lowest BCUT2D eigenvalue weighted by Crippen LogP contribution is -2.35. The van der Waals surface area contributed by atoms with Crippen molar-refractivity contribution in [2.75, 3.05) is 11.9 Å². The maximum atomic E-state index is 9.48. The van der Waals surface area contributed by atoms with E-state index in [0.717, 1.165) is 29.3 Å². The van der Waals surface area contributed by atoms with Crippen LogP contribution in [0.3, 0.4) is 0 Å². The second-order valence-electron chi connectivity index (χ2n) is 6.18. The Morgan fingerprint density at radius 2 is 2.00 bits per heavy atom. The first-order valence-corrected chi connectivity index (χ1v) is 8.00. The second-order valence-corrected chi connectivity index (χ2v) is 7.26. The van der Waals surface area contributed by atoms with Crippen molar-refractivity contribution in [1.82, 2.24) is 9.97 Å². The number of aromatic nitrogens is 2. The van der Waals surface area contributed by atoms with Crippen LogP contribution in [0.1, 0.15) is 43.0 Å². The van der Waals surface area contributed by atoms with Crippen LogP contribution >= 0.6 is 11.3 Å². The number of fused-ring (bicyclic) bond motifs is 3. The molecular formula is C15H21N3OS. The summed E-state index contributed by atoms with van der Waals surface area (Å²) in [6.07, 6.45) is 4.81. The van der Waals surface area contributed by atoms with E-state index in [0.29, 0.717) is 0 Å². The lowest BCUT2D eigenvalue weighted by molar-refractivity contribution is 0.234. The van der Waals surface area contributed by atoms with E-state index in [9.17, 15) is 5.11 Å². The molecule has 0 aromatic carbocycles. The molecule has 20 heavy (non-hydrogen) atoms. The summed E-state index contributed by atoms with van der Waals surface area (Å²) in [5.74, 6) is 1.67. The zero-order chi connectivity index (χ0) is 14.3. The molecule has 0 spiro atoms. The van der Waals surface area contributed by atoms with Crippen molar-refractivity contribution in [3.05, 3.63) is 16.3 Å². The van der Waals surface area contributed by atoms with Gasteiger partial charge in [0.15, 0.2) is 0 Å². The van der Waals surface area contributed by atoms with Gasteiger partial charge in [-0.15, -0.1) is 11.3 Å².